The summed E-state index contributed by atoms with van der Waals surface area (Å²) in [6.45, 7) is 4.24. The minimum atomic E-state index is 0.147. The van der Waals surface area contributed by atoms with E-state index in [2.05, 4.69) is 47.5 Å². The molecular weight excluding hydrogens is 308 g/mol. The number of fused-ring (bicyclic) bond motifs is 1. The Morgan fingerprint density at radius 1 is 1.29 bits per heavy atom. The zero-order valence-corrected chi connectivity index (χ0v) is 13.4. The number of hydrogen-bond donors (Lipinski definition) is 4. The van der Waals surface area contributed by atoms with Gasteiger partial charge in [-0.25, -0.2) is 9.61 Å². The molecule has 0 spiro atoms. The average Bonchev–Trinajstić information content (AvgIpc) is 3.20. The van der Waals surface area contributed by atoms with Crippen molar-refractivity contribution < 1.29 is 4.63 Å². The van der Waals surface area contributed by atoms with Gasteiger partial charge in [0.1, 0.15) is 0 Å². The van der Waals surface area contributed by atoms with Gasteiger partial charge in [-0.05, 0) is 43.2 Å². The predicted octanol–water partition coefficient (Wildman–Crippen LogP) is 0.993. The fraction of sp³-hybridized carbons (Fsp3) is 0.467. The van der Waals surface area contributed by atoms with Crippen molar-refractivity contribution in [2.24, 2.45) is 0 Å². The van der Waals surface area contributed by atoms with E-state index in [9.17, 15) is 0 Å². The maximum absolute atomic E-state index is 5.75. The molecule has 1 aliphatic rings. The van der Waals surface area contributed by atoms with Crippen molar-refractivity contribution in [3.8, 4) is 11.5 Å². The Balaban J connectivity index is 1.65. The number of anilines is 1. The molecule has 4 rings (SSSR count). The normalized spacial score (nSPS) is 17.4. The molecule has 126 valence electrons. The highest BCUT2D eigenvalue weighted by Crippen LogP contribution is 2.27. The minimum absolute atomic E-state index is 0.147. The maximum atomic E-state index is 5.75. The molecule has 9 nitrogen and oxygen atoms in total. The molecule has 0 saturated carbocycles. The summed E-state index contributed by atoms with van der Waals surface area (Å²) >= 11 is 0. The van der Waals surface area contributed by atoms with Gasteiger partial charge in [-0.2, -0.15) is 0 Å². The molecule has 24 heavy (non-hydrogen) atoms. The quantitative estimate of drug-likeness (QED) is 0.558. The number of aromatic amines is 1. The third-order valence-corrected chi connectivity index (χ3v) is 4.45. The third kappa shape index (κ3) is 2.72. The second-order valence-electron chi connectivity index (χ2n) is 6.12. The molecule has 0 amide bonds. The minimum Gasteiger partial charge on any atom is -0.379 e. The van der Waals surface area contributed by atoms with Crippen molar-refractivity contribution in [3.05, 3.63) is 18.0 Å². The number of hydrogen-bond acceptors (Lipinski definition) is 8. The number of aromatic nitrogens is 5. The second-order valence-corrected chi connectivity index (χ2v) is 6.12. The van der Waals surface area contributed by atoms with E-state index in [1.54, 1.807) is 6.20 Å². The SMILES string of the molecule is CC(NC1CCNCC1)c1cncc2[nH]c(-c3nonc3N)nc12. The number of nitrogen functional groups attached to an aromatic ring is 1. The molecule has 0 bridgehead atoms. The Labute approximate surface area is 138 Å². The standard InChI is InChI=1S/C15H20N8O/c1-8(19-9-2-4-17-5-3-9)10-6-18-7-11-12(10)21-15(20-11)13-14(16)23-24-22-13/h6-9,17,19H,2-5H2,1H3,(H2,16,23)(H,20,21). The summed E-state index contributed by atoms with van der Waals surface area (Å²) in [7, 11) is 0. The monoisotopic (exact) mass is 328 g/mol. The van der Waals surface area contributed by atoms with Crippen LogP contribution in [0.25, 0.3) is 22.6 Å². The summed E-state index contributed by atoms with van der Waals surface area (Å²) in [5.41, 5.74) is 8.91. The molecule has 3 aromatic rings. The maximum Gasteiger partial charge on any atom is 0.199 e. The van der Waals surface area contributed by atoms with E-state index in [1.165, 1.54) is 0 Å². The van der Waals surface area contributed by atoms with Crippen LogP contribution in [0.5, 0.6) is 0 Å². The second kappa shape index (κ2) is 6.17. The lowest BCUT2D eigenvalue weighted by molar-refractivity contribution is 0.310. The smallest absolute Gasteiger partial charge is 0.199 e. The number of nitrogens with zero attached hydrogens (tertiary/aromatic N) is 4. The average molecular weight is 328 g/mol. The topological polar surface area (TPSA) is 131 Å². The van der Waals surface area contributed by atoms with Crippen LogP contribution in [0.1, 0.15) is 31.4 Å². The Morgan fingerprint density at radius 3 is 2.88 bits per heavy atom. The molecule has 1 aliphatic heterocycles. The van der Waals surface area contributed by atoms with Gasteiger partial charge in [0.15, 0.2) is 17.3 Å². The lowest BCUT2D eigenvalue weighted by Gasteiger charge is -2.27. The van der Waals surface area contributed by atoms with Crippen LogP contribution in [0.2, 0.25) is 0 Å². The molecule has 3 aromatic heterocycles. The van der Waals surface area contributed by atoms with E-state index >= 15 is 0 Å². The van der Waals surface area contributed by atoms with Crippen molar-refractivity contribution in [2.75, 3.05) is 18.8 Å². The van der Waals surface area contributed by atoms with Crippen LogP contribution in [0.15, 0.2) is 17.0 Å². The summed E-state index contributed by atoms with van der Waals surface area (Å²) in [5, 5.41) is 14.5. The van der Waals surface area contributed by atoms with Gasteiger partial charge in [-0.3, -0.25) is 4.98 Å². The van der Waals surface area contributed by atoms with E-state index in [0.717, 1.165) is 42.5 Å². The fourth-order valence-electron chi connectivity index (χ4n) is 3.17. The van der Waals surface area contributed by atoms with Gasteiger partial charge in [0.2, 0.25) is 0 Å². The summed E-state index contributed by atoms with van der Waals surface area (Å²) < 4.78 is 4.66. The fourth-order valence-corrected chi connectivity index (χ4v) is 3.17. The molecule has 0 radical (unpaired) electrons. The van der Waals surface area contributed by atoms with Crippen molar-refractivity contribution in [3.63, 3.8) is 0 Å². The number of pyridine rings is 1. The summed E-state index contributed by atoms with van der Waals surface area (Å²) in [5.74, 6) is 0.747. The number of rotatable bonds is 4. The molecule has 1 unspecified atom stereocenters. The Hall–Kier alpha value is -2.52. The lowest BCUT2D eigenvalue weighted by atomic mass is 10.0. The first kappa shape index (κ1) is 15.0. The number of nitrogens with one attached hydrogen (secondary N) is 3. The summed E-state index contributed by atoms with van der Waals surface area (Å²) in [4.78, 5) is 12.2. The van der Waals surface area contributed by atoms with Crippen LogP contribution in [0.3, 0.4) is 0 Å². The van der Waals surface area contributed by atoms with Crippen molar-refractivity contribution in [1.82, 2.24) is 35.9 Å². The molecule has 1 atom stereocenters. The first-order chi connectivity index (χ1) is 11.7. The molecule has 1 fully saturated rings. The van der Waals surface area contributed by atoms with E-state index in [-0.39, 0.29) is 11.9 Å². The first-order valence-corrected chi connectivity index (χ1v) is 8.11. The summed E-state index contributed by atoms with van der Waals surface area (Å²) in [6.07, 6.45) is 5.85. The van der Waals surface area contributed by atoms with Crippen molar-refractivity contribution >= 4 is 16.9 Å². The van der Waals surface area contributed by atoms with Gasteiger partial charge < -0.3 is 21.4 Å². The van der Waals surface area contributed by atoms with Crippen LogP contribution >= 0.6 is 0 Å². The molecule has 9 heteroatoms. The number of H-pyrrole nitrogens is 1. The Kier molecular flexibility index (Phi) is 3.87. The number of imidazole rings is 1. The third-order valence-electron chi connectivity index (χ3n) is 4.45. The van der Waals surface area contributed by atoms with E-state index in [1.807, 2.05) is 6.20 Å². The molecular formula is C15H20N8O. The van der Waals surface area contributed by atoms with Crippen LogP contribution in [-0.2, 0) is 0 Å². The molecule has 0 aliphatic carbocycles. The van der Waals surface area contributed by atoms with Gasteiger partial charge >= 0.3 is 0 Å². The van der Waals surface area contributed by atoms with Crippen LogP contribution in [0.4, 0.5) is 5.82 Å². The van der Waals surface area contributed by atoms with E-state index < -0.39 is 0 Å². The zero-order chi connectivity index (χ0) is 16.5. The molecule has 4 heterocycles. The molecule has 5 N–H and O–H groups in total. The largest absolute Gasteiger partial charge is 0.379 e. The van der Waals surface area contributed by atoms with E-state index in [4.69, 9.17) is 5.73 Å². The Bertz CT molecular complexity index is 835. The number of nitrogens with two attached hydrogens (primary N) is 1. The summed E-state index contributed by atoms with van der Waals surface area (Å²) in [6, 6.07) is 0.651. The zero-order valence-electron chi connectivity index (χ0n) is 13.4. The van der Waals surface area contributed by atoms with Crippen LogP contribution in [0, 0.1) is 0 Å². The van der Waals surface area contributed by atoms with Gasteiger partial charge in [-0.15, -0.1) is 0 Å². The highest BCUT2D eigenvalue weighted by atomic mass is 16.6. The van der Waals surface area contributed by atoms with Gasteiger partial charge in [0, 0.05) is 23.8 Å². The van der Waals surface area contributed by atoms with Crippen molar-refractivity contribution in [1.29, 1.82) is 0 Å². The van der Waals surface area contributed by atoms with Gasteiger partial charge in [-0.1, -0.05) is 0 Å². The highest BCUT2D eigenvalue weighted by Gasteiger charge is 2.20. The lowest BCUT2D eigenvalue weighted by Crippen LogP contribution is -2.41. The van der Waals surface area contributed by atoms with Crippen LogP contribution < -0.4 is 16.4 Å². The van der Waals surface area contributed by atoms with Gasteiger partial charge in [0.25, 0.3) is 0 Å². The first-order valence-electron chi connectivity index (χ1n) is 8.11. The predicted molar refractivity (Wildman–Crippen MR) is 89.0 cm³/mol. The highest BCUT2D eigenvalue weighted by molar-refractivity contribution is 5.82. The molecule has 0 aromatic carbocycles. The molecule has 1 saturated heterocycles. The van der Waals surface area contributed by atoms with Crippen molar-refractivity contribution in [2.45, 2.75) is 31.8 Å². The Morgan fingerprint density at radius 2 is 2.12 bits per heavy atom. The number of piperidine rings is 1. The van der Waals surface area contributed by atoms with Gasteiger partial charge in [0.05, 0.1) is 17.2 Å². The van der Waals surface area contributed by atoms with Crippen LogP contribution in [-0.4, -0.2) is 44.4 Å². The van der Waals surface area contributed by atoms with E-state index in [0.29, 0.717) is 17.6 Å².